The molecule has 0 aromatic heterocycles. The molecule has 0 aliphatic carbocycles. The Kier molecular flexibility index (Phi) is 2.31. The maximum absolute atomic E-state index is 8.90. The summed E-state index contributed by atoms with van der Waals surface area (Å²) in [5.41, 5.74) is 7.46. The lowest BCUT2D eigenvalue weighted by molar-refractivity contribution is -0.132. The highest BCUT2D eigenvalue weighted by atomic mass is 16.6. The molecule has 0 bridgehead atoms. The second-order valence-corrected chi connectivity index (χ2v) is 2.69. The summed E-state index contributed by atoms with van der Waals surface area (Å²) < 4.78 is 5.03. The Morgan fingerprint density at radius 1 is 2.00 bits per heavy atom. The van der Waals surface area contributed by atoms with Crippen LogP contribution in [0.1, 0.15) is 6.92 Å². The first-order valence-corrected chi connectivity index (χ1v) is 3.26. The van der Waals surface area contributed by atoms with Crippen LogP contribution in [0.3, 0.4) is 0 Å². The average Bonchev–Trinajstić information content (AvgIpc) is 2.28. The van der Waals surface area contributed by atoms with Crippen LogP contribution in [0, 0.1) is 0 Å². The van der Waals surface area contributed by atoms with Crippen LogP contribution in [-0.4, -0.2) is 30.2 Å². The molecule has 6 nitrogen and oxygen atoms in total. The summed E-state index contributed by atoms with van der Waals surface area (Å²) >= 11 is 0. The molecule has 0 spiro atoms. The van der Waals surface area contributed by atoms with Crippen molar-refractivity contribution in [2.24, 2.45) is 5.11 Å². The van der Waals surface area contributed by atoms with Gasteiger partial charge in [-0.05, 0) is 12.5 Å². The number of ether oxygens (including phenoxy) is 1. The fraction of sp³-hybridized carbons (Fsp3) is 1.00. The average molecular weight is 158 g/mol. The van der Waals surface area contributed by atoms with Gasteiger partial charge in [0, 0.05) is 11.5 Å². The predicted molar refractivity (Wildman–Crippen MR) is 37.5 cm³/mol. The molecule has 1 fully saturated rings. The first-order chi connectivity index (χ1) is 5.16. The maximum atomic E-state index is 8.90. The summed E-state index contributed by atoms with van der Waals surface area (Å²) in [5, 5.41) is 14.9. The Morgan fingerprint density at radius 2 is 2.73 bits per heavy atom. The van der Waals surface area contributed by atoms with Gasteiger partial charge in [0.25, 0.3) is 0 Å². The Balaban J connectivity index is 2.47. The van der Waals surface area contributed by atoms with E-state index in [4.69, 9.17) is 15.4 Å². The van der Waals surface area contributed by atoms with Gasteiger partial charge in [0.1, 0.15) is 0 Å². The number of azide groups is 1. The minimum atomic E-state index is -0.936. The van der Waals surface area contributed by atoms with Crippen molar-refractivity contribution < 1.29 is 9.84 Å². The molecule has 1 saturated heterocycles. The van der Waals surface area contributed by atoms with E-state index >= 15 is 0 Å². The number of rotatable bonds is 2. The summed E-state index contributed by atoms with van der Waals surface area (Å²) in [7, 11) is 0. The number of hydrogen-bond acceptors (Lipinski definition) is 4. The van der Waals surface area contributed by atoms with Crippen molar-refractivity contribution in [3.05, 3.63) is 10.4 Å². The van der Waals surface area contributed by atoms with Crippen molar-refractivity contribution in [3.8, 4) is 0 Å². The van der Waals surface area contributed by atoms with E-state index in [2.05, 4.69) is 15.3 Å². The topological polar surface area (TPSA) is 90.3 Å². The third-order valence-corrected chi connectivity index (χ3v) is 1.52. The van der Waals surface area contributed by atoms with Crippen LogP contribution >= 0.6 is 0 Å². The van der Waals surface area contributed by atoms with Crippen LogP contribution in [-0.2, 0) is 4.74 Å². The highest BCUT2D eigenvalue weighted by Gasteiger charge is 2.33. The van der Waals surface area contributed by atoms with Gasteiger partial charge in [-0.15, -0.1) is 0 Å². The SMILES string of the molecule is CC1(CN=[N+]=[N-])CNC(O)O1. The molecular formula is C5H10N4O2. The molecule has 1 heterocycles. The fourth-order valence-corrected chi connectivity index (χ4v) is 0.930. The molecule has 11 heavy (non-hydrogen) atoms. The van der Waals surface area contributed by atoms with Crippen LogP contribution in [0.15, 0.2) is 5.11 Å². The Morgan fingerprint density at radius 3 is 3.18 bits per heavy atom. The van der Waals surface area contributed by atoms with Crippen LogP contribution in [0.4, 0.5) is 0 Å². The van der Waals surface area contributed by atoms with Crippen LogP contribution in [0.2, 0.25) is 0 Å². The lowest BCUT2D eigenvalue weighted by Crippen LogP contribution is -2.32. The van der Waals surface area contributed by atoms with E-state index in [-0.39, 0.29) is 6.54 Å². The number of hydrogen-bond donors (Lipinski definition) is 2. The van der Waals surface area contributed by atoms with E-state index in [9.17, 15) is 0 Å². The minimum absolute atomic E-state index is 0.230. The molecule has 1 aliphatic rings. The smallest absolute Gasteiger partial charge is 0.214 e. The van der Waals surface area contributed by atoms with E-state index in [1.54, 1.807) is 6.92 Å². The zero-order valence-electron chi connectivity index (χ0n) is 6.19. The maximum Gasteiger partial charge on any atom is 0.214 e. The molecule has 1 aliphatic heterocycles. The normalized spacial score (nSPS) is 36.7. The highest BCUT2D eigenvalue weighted by molar-refractivity contribution is 4.85. The van der Waals surface area contributed by atoms with Crippen molar-refractivity contribution in [1.29, 1.82) is 0 Å². The Bertz CT molecular complexity index is 191. The third-order valence-electron chi connectivity index (χ3n) is 1.52. The van der Waals surface area contributed by atoms with Crippen molar-refractivity contribution in [2.75, 3.05) is 13.1 Å². The zero-order valence-corrected chi connectivity index (χ0v) is 6.19. The van der Waals surface area contributed by atoms with E-state index < -0.39 is 12.0 Å². The van der Waals surface area contributed by atoms with Gasteiger partial charge in [0.15, 0.2) is 0 Å². The van der Waals surface area contributed by atoms with Gasteiger partial charge >= 0.3 is 0 Å². The predicted octanol–water partition coefficient (Wildman–Crippen LogP) is -0.0489. The summed E-state index contributed by atoms with van der Waals surface area (Å²) in [4.78, 5) is 2.61. The molecule has 0 radical (unpaired) electrons. The summed E-state index contributed by atoms with van der Waals surface area (Å²) in [6, 6.07) is 0. The molecular weight excluding hydrogens is 148 g/mol. The van der Waals surface area contributed by atoms with Crippen molar-refractivity contribution >= 4 is 0 Å². The lowest BCUT2D eigenvalue weighted by atomic mass is 10.1. The first-order valence-electron chi connectivity index (χ1n) is 3.26. The second kappa shape index (κ2) is 3.06. The quantitative estimate of drug-likeness (QED) is 0.335. The molecule has 2 atom stereocenters. The zero-order chi connectivity index (χ0) is 8.32. The summed E-state index contributed by atoms with van der Waals surface area (Å²) in [6.45, 7) is 2.49. The Hall–Kier alpha value is -0.810. The molecule has 0 saturated carbocycles. The van der Waals surface area contributed by atoms with Gasteiger partial charge in [-0.25, -0.2) is 0 Å². The molecule has 0 aromatic rings. The molecule has 0 aromatic carbocycles. The van der Waals surface area contributed by atoms with Gasteiger partial charge in [-0.1, -0.05) is 5.11 Å². The largest absolute Gasteiger partial charge is 0.356 e. The molecule has 0 amide bonds. The first kappa shape index (κ1) is 8.29. The van der Waals surface area contributed by atoms with Gasteiger partial charge in [0.2, 0.25) is 6.41 Å². The lowest BCUT2D eigenvalue weighted by Gasteiger charge is -2.18. The molecule has 2 unspecified atom stereocenters. The molecule has 6 heteroatoms. The number of aliphatic hydroxyl groups excluding tert-OH is 1. The monoisotopic (exact) mass is 158 g/mol. The number of aliphatic hydroxyl groups is 1. The summed E-state index contributed by atoms with van der Waals surface area (Å²) in [6.07, 6.45) is -0.936. The highest BCUT2D eigenvalue weighted by Crippen LogP contribution is 2.16. The minimum Gasteiger partial charge on any atom is -0.356 e. The second-order valence-electron chi connectivity index (χ2n) is 2.69. The molecule has 1 rings (SSSR count). The van der Waals surface area contributed by atoms with Crippen molar-refractivity contribution in [3.63, 3.8) is 0 Å². The van der Waals surface area contributed by atoms with Gasteiger partial charge < -0.3 is 9.84 Å². The van der Waals surface area contributed by atoms with E-state index in [0.29, 0.717) is 6.54 Å². The van der Waals surface area contributed by atoms with E-state index in [0.717, 1.165) is 0 Å². The van der Waals surface area contributed by atoms with Crippen LogP contribution in [0.5, 0.6) is 0 Å². The van der Waals surface area contributed by atoms with E-state index in [1.165, 1.54) is 0 Å². The van der Waals surface area contributed by atoms with Crippen LogP contribution in [0.25, 0.3) is 10.4 Å². The number of nitrogens with one attached hydrogen (secondary N) is 1. The van der Waals surface area contributed by atoms with Gasteiger partial charge in [-0.3, -0.25) is 5.32 Å². The molecule has 62 valence electrons. The fourth-order valence-electron chi connectivity index (χ4n) is 0.930. The van der Waals surface area contributed by atoms with Gasteiger partial charge in [-0.2, -0.15) is 0 Å². The van der Waals surface area contributed by atoms with Gasteiger partial charge in [0.05, 0.1) is 12.1 Å². The van der Waals surface area contributed by atoms with E-state index in [1.807, 2.05) is 0 Å². The standard InChI is InChI=1S/C5H10N4O2/c1-5(3-8-9-6)2-7-4(10)11-5/h4,7,10H,2-3H2,1H3. The summed E-state index contributed by atoms with van der Waals surface area (Å²) in [5.74, 6) is 0. The third kappa shape index (κ3) is 2.06. The Labute approximate surface area is 63.8 Å². The molecule has 2 N–H and O–H groups in total. The van der Waals surface area contributed by atoms with Crippen LogP contribution < -0.4 is 5.32 Å². The van der Waals surface area contributed by atoms with Crippen molar-refractivity contribution in [2.45, 2.75) is 18.9 Å². The van der Waals surface area contributed by atoms with Crippen molar-refractivity contribution in [1.82, 2.24) is 5.32 Å². The number of nitrogens with zero attached hydrogens (tertiary/aromatic N) is 3.